The number of nitrogens with one attached hydrogen (secondary N) is 2. The largest absolute Gasteiger partial charge is 0.361 e. The predicted octanol–water partition coefficient (Wildman–Crippen LogP) is 5.64. The van der Waals surface area contributed by atoms with Crippen LogP contribution in [0.2, 0.25) is 10.0 Å². The quantitative estimate of drug-likeness (QED) is 0.292. The fourth-order valence-corrected chi connectivity index (χ4v) is 3.21. The minimum Gasteiger partial charge on any atom is -0.361 e. The molecule has 0 spiro atoms. The second kappa shape index (κ2) is 11.1. The van der Waals surface area contributed by atoms with Crippen LogP contribution in [0.15, 0.2) is 27.7 Å². The first kappa shape index (κ1) is 24.0. The summed E-state index contributed by atoms with van der Waals surface area (Å²) in [5.74, 6) is 1.83. The summed E-state index contributed by atoms with van der Waals surface area (Å²) in [5, 5.41) is 11.8. The van der Waals surface area contributed by atoms with Gasteiger partial charge < -0.3 is 15.2 Å². The Labute approximate surface area is 188 Å². The van der Waals surface area contributed by atoms with Gasteiger partial charge in [-0.1, -0.05) is 41.3 Å². The molecule has 1 aromatic heterocycles. The highest BCUT2D eigenvalue weighted by Crippen LogP contribution is 2.26. The van der Waals surface area contributed by atoms with Crippen LogP contribution in [0, 0.1) is 13.8 Å². The van der Waals surface area contributed by atoms with Crippen molar-refractivity contribution in [3.63, 3.8) is 0 Å². The molecule has 5 nitrogen and oxygen atoms in total. The molecule has 2 atom stereocenters. The van der Waals surface area contributed by atoms with Crippen molar-refractivity contribution in [2.24, 2.45) is 4.99 Å². The van der Waals surface area contributed by atoms with E-state index in [1.807, 2.05) is 32.9 Å². The molecule has 2 aromatic rings. The fraction of sp³-hybridized carbons (Fsp3) is 0.474. The minimum atomic E-state index is 0. The normalized spacial score (nSPS) is 13.7. The van der Waals surface area contributed by atoms with Crippen molar-refractivity contribution in [2.45, 2.75) is 46.6 Å². The summed E-state index contributed by atoms with van der Waals surface area (Å²) in [5.41, 5.74) is 3.10. The van der Waals surface area contributed by atoms with Crippen molar-refractivity contribution in [3.8, 4) is 0 Å². The number of hydrogen-bond donors (Lipinski definition) is 2. The lowest BCUT2D eigenvalue weighted by Gasteiger charge is -2.19. The first-order valence-corrected chi connectivity index (χ1v) is 9.51. The Kier molecular flexibility index (Phi) is 9.90. The van der Waals surface area contributed by atoms with Gasteiger partial charge in [0.25, 0.3) is 0 Å². The molecule has 0 amide bonds. The Hall–Kier alpha value is -0.990. The lowest BCUT2D eigenvalue weighted by Crippen LogP contribution is -2.39. The summed E-state index contributed by atoms with van der Waals surface area (Å²) >= 11 is 12.1. The number of aryl methyl sites for hydroxylation is 2. The zero-order valence-electron chi connectivity index (χ0n) is 16.3. The number of guanidine groups is 1. The van der Waals surface area contributed by atoms with Gasteiger partial charge in [0.2, 0.25) is 0 Å². The van der Waals surface area contributed by atoms with Crippen LogP contribution in [-0.2, 0) is 0 Å². The molecule has 1 aromatic carbocycles. The molecule has 2 rings (SSSR count). The Balaban J connectivity index is 0.00000364. The molecule has 0 saturated carbocycles. The van der Waals surface area contributed by atoms with E-state index in [1.54, 1.807) is 6.07 Å². The van der Waals surface area contributed by atoms with Crippen molar-refractivity contribution in [1.82, 2.24) is 15.8 Å². The van der Waals surface area contributed by atoms with Crippen LogP contribution < -0.4 is 10.6 Å². The standard InChI is InChI=1S/C19H26Cl2N4O.HI/c1-6-22-19(23-10-11(2)18-13(4)25-26-14(18)5)24-12(3)15-7-8-16(20)17(21)9-15;/h7-9,11-12H,6,10H2,1-5H3,(H2,22,23,24);1H. The summed E-state index contributed by atoms with van der Waals surface area (Å²) in [6, 6.07) is 5.68. The maximum absolute atomic E-state index is 6.12. The monoisotopic (exact) mass is 524 g/mol. The van der Waals surface area contributed by atoms with Gasteiger partial charge in [0.05, 0.1) is 21.8 Å². The van der Waals surface area contributed by atoms with Gasteiger partial charge in [0, 0.05) is 24.6 Å². The molecule has 1 heterocycles. The van der Waals surface area contributed by atoms with Crippen LogP contribution in [-0.4, -0.2) is 24.2 Å². The minimum absolute atomic E-state index is 0. The van der Waals surface area contributed by atoms with Gasteiger partial charge in [0.1, 0.15) is 5.76 Å². The van der Waals surface area contributed by atoms with Gasteiger partial charge in [0.15, 0.2) is 5.96 Å². The van der Waals surface area contributed by atoms with Gasteiger partial charge in [-0.15, -0.1) is 24.0 Å². The van der Waals surface area contributed by atoms with E-state index in [9.17, 15) is 0 Å². The molecule has 0 fully saturated rings. The second-order valence-electron chi connectivity index (χ2n) is 6.40. The molecule has 8 heteroatoms. The third-order valence-corrected chi connectivity index (χ3v) is 4.98. The van der Waals surface area contributed by atoms with Crippen LogP contribution in [0.1, 0.15) is 55.3 Å². The van der Waals surface area contributed by atoms with E-state index in [4.69, 9.17) is 32.7 Å². The number of rotatable bonds is 6. The molecule has 0 bridgehead atoms. The van der Waals surface area contributed by atoms with E-state index in [1.165, 1.54) is 0 Å². The van der Waals surface area contributed by atoms with E-state index < -0.39 is 0 Å². The summed E-state index contributed by atoms with van der Waals surface area (Å²) in [6.45, 7) is 11.5. The molecule has 0 saturated heterocycles. The summed E-state index contributed by atoms with van der Waals surface area (Å²) < 4.78 is 5.26. The lowest BCUT2D eigenvalue weighted by molar-refractivity contribution is 0.391. The van der Waals surface area contributed by atoms with Crippen molar-refractivity contribution in [2.75, 3.05) is 13.1 Å². The number of halogens is 3. The first-order valence-electron chi connectivity index (χ1n) is 8.76. The third kappa shape index (κ3) is 6.54. The Morgan fingerprint density at radius 1 is 1.22 bits per heavy atom. The van der Waals surface area contributed by atoms with Crippen LogP contribution >= 0.6 is 47.2 Å². The van der Waals surface area contributed by atoms with Gasteiger partial charge >= 0.3 is 0 Å². The van der Waals surface area contributed by atoms with E-state index >= 15 is 0 Å². The number of aliphatic imine (C=N–C) groups is 1. The zero-order chi connectivity index (χ0) is 19.3. The molecule has 0 aliphatic carbocycles. The highest BCUT2D eigenvalue weighted by atomic mass is 127. The number of benzene rings is 1. The maximum Gasteiger partial charge on any atom is 0.191 e. The van der Waals surface area contributed by atoms with Gasteiger partial charge in [-0.25, -0.2) is 0 Å². The molecular weight excluding hydrogens is 498 g/mol. The molecular formula is C19H27Cl2IN4O. The van der Waals surface area contributed by atoms with Crippen LogP contribution in [0.4, 0.5) is 0 Å². The number of aromatic nitrogens is 1. The van der Waals surface area contributed by atoms with Crippen molar-refractivity contribution < 1.29 is 4.52 Å². The number of hydrogen-bond acceptors (Lipinski definition) is 3. The molecule has 27 heavy (non-hydrogen) atoms. The van der Waals surface area contributed by atoms with E-state index in [0.29, 0.717) is 16.6 Å². The van der Waals surface area contributed by atoms with E-state index in [-0.39, 0.29) is 35.9 Å². The average Bonchev–Trinajstić information content (AvgIpc) is 2.93. The predicted molar refractivity (Wildman–Crippen MR) is 124 cm³/mol. The van der Waals surface area contributed by atoms with Crippen LogP contribution in [0.25, 0.3) is 0 Å². The maximum atomic E-state index is 6.12. The van der Waals surface area contributed by atoms with Crippen molar-refractivity contribution >= 4 is 53.1 Å². The fourth-order valence-electron chi connectivity index (χ4n) is 2.90. The van der Waals surface area contributed by atoms with Gasteiger partial charge in [-0.05, 0) is 45.4 Å². The van der Waals surface area contributed by atoms with Gasteiger partial charge in [-0.3, -0.25) is 4.99 Å². The zero-order valence-corrected chi connectivity index (χ0v) is 20.1. The highest BCUT2D eigenvalue weighted by Gasteiger charge is 2.16. The summed E-state index contributed by atoms with van der Waals surface area (Å²) in [7, 11) is 0. The average molecular weight is 525 g/mol. The SMILES string of the molecule is CCNC(=NCC(C)c1c(C)noc1C)NC(C)c1ccc(Cl)c(Cl)c1.I. The van der Waals surface area contributed by atoms with Crippen molar-refractivity contribution in [3.05, 3.63) is 50.8 Å². The second-order valence-corrected chi connectivity index (χ2v) is 7.21. The third-order valence-electron chi connectivity index (χ3n) is 4.25. The summed E-state index contributed by atoms with van der Waals surface area (Å²) in [4.78, 5) is 4.72. The number of nitrogens with zero attached hydrogens (tertiary/aromatic N) is 2. The Morgan fingerprint density at radius 3 is 2.48 bits per heavy atom. The smallest absolute Gasteiger partial charge is 0.191 e. The van der Waals surface area contributed by atoms with Crippen LogP contribution in [0.5, 0.6) is 0 Å². The lowest BCUT2D eigenvalue weighted by atomic mass is 10.00. The van der Waals surface area contributed by atoms with E-state index in [2.05, 4.69) is 29.6 Å². The molecule has 0 aliphatic rings. The highest BCUT2D eigenvalue weighted by molar-refractivity contribution is 14.0. The van der Waals surface area contributed by atoms with Gasteiger partial charge in [-0.2, -0.15) is 0 Å². The topological polar surface area (TPSA) is 62.5 Å². The van der Waals surface area contributed by atoms with Crippen molar-refractivity contribution in [1.29, 1.82) is 0 Å². The molecule has 2 N–H and O–H groups in total. The van der Waals surface area contributed by atoms with Crippen LogP contribution in [0.3, 0.4) is 0 Å². The molecule has 150 valence electrons. The van der Waals surface area contributed by atoms with E-state index in [0.717, 1.165) is 35.1 Å². The summed E-state index contributed by atoms with van der Waals surface area (Å²) in [6.07, 6.45) is 0. The first-order chi connectivity index (χ1) is 12.3. The molecule has 2 unspecified atom stereocenters. The Morgan fingerprint density at radius 2 is 1.93 bits per heavy atom. The Bertz CT molecular complexity index is 760. The molecule has 0 aliphatic heterocycles. The molecule has 0 radical (unpaired) electrons.